The van der Waals surface area contributed by atoms with E-state index in [-0.39, 0.29) is 5.82 Å². The molecule has 0 saturated carbocycles. The lowest BCUT2D eigenvalue weighted by molar-refractivity contribution is 0.203. The fourth-order valence-corrected chi connectivity index (χ4v) is 3.06. The van der Waals surface area contributed by atoms with Crippen LogP contribution in [0.5, 0.6) is 0 Å². The Bertz CT molecular complexity index is 610. The molecule has 0 bridgehead atoms. The fraction of sp³-hybridized carbons (Fsp3) is 0.294. The summed E-state index contributed by atoms with van der Waals surface area (Å²) < 4.78 is 13.1. The Kier molecular flexibility index (Phi) is 4.84. The second-order valence-corrected chi connectivity index (χ2v) is 6.17. The minimum atomic E-state index is -0.539. The summed E-state index contributed by atoms with van der Waals surface area (Å²) in [7, 11) is 0. The molecule has 1 unspecified atom stereocenters. The van der Waals surface area contributed by atoms with E-state index < -0.39 is 6.10 Å². The average molecular weight is 290 g/mol. The maximum Gasteiger partial charge on any atom is 0.124 e. The molecule has 2 aromatic rings. The lowest BCUT2D eigenvalue weighted by Crippen LogP contribution is -2.04. The Morgan fingerprint density at radius 3 is 2.45 bits per heavy atom. The first kappa shape index (κ1) is 15.1. The molecule has 0 aliphatic heterocycles. The van der Waals surface area contributed by atoms with Crippen LogP contribution >= 0.6 is 11.8 Å². The van der Waals surface area contributed by atoms with Crippen LogP contribution in [0.1, 0.15) is 28.4 Å². The molecule has 3 heteroatoms. The zero-order valence-electron chi connectivity index (χ0n) is 12.0. The molecule has 0 fully saturated rings. The van der Waals surface area contributed by atoms with Gasteiger partial charge in [-0.15, -0.1) is 11.8 Å². The molecule has 0 aromatic heterocycles. The third kappa shape index (κ3) is 3.62. The number of benzene rings is 2. The monoisotopic (exact) mass is 290 g/mol. The van der Waals surface area contributed by atoms with Gasteiger partial charge in [0.1, 0.15) is 5.82 Å². The van der Waals surface area contributed by atoms with Crippen LogP contribution in [0, 0.1) is 26.6 Å². The molecule has 0 radical (unpaired) electrons. The van der Waals surface area contributed by atoms with Crippen molar-refractivity contribution in [1.82, 2.24) is 0 Å². The predicted molar refractivity (Wildman–Crippen MR) is 82.7 cm³/mol. The molecule has 0 heterocycles. The van der Waals surface area contributed by atoms with Gasteiger partial charge >= 0.3 is 0 Å². The largest absolute Gasteiger partial charge is 0.388 e. The third-order valence-electron chi connectivity index (χ3n) is 3.45. The molecule has 1 N–H and O–H groups in total. The minimum absolute atomic E-state index is 0.244. The number of aryl methyl sites for hydroxylation is 3. The van der Waals surface area contributed by atoms with Crippen LogP contribution < -0.4 is 0 Å². The van der Waals surface area contributed by atoms with Gasteiger partial charge in [-0.3, -0.25) is 0 Å². The van der Waals surface area contributed by atoms with Crippen LogP contribution in [0.25, 0.3) is 0 Å². The first-order chi connectivity index (χ1) is 9.47. The van der Waals surface area contributed by atoms with E-state index in [1.54, 1.807) is 6.07 Å². The summed E-state index contributed by atoms with van der Waals surface area (Å²) >= 11 is 1.47. The van der Waals surface area contributed by atoms with Gasteiger partial charge in [-0.1, -0.05) is 18.2 Å². The molecule has 0 amide bonds. The summed E-state index contributed by atoms with van der Waals surface area (Å²) in [5.74, 6) is 0.277. The molecule has 2 rings (SSSR count). The highest BCUT2D eigenvalue weighted by Crippen LogP contribution is 2.28. The van der Waals surface area contributed by atoms with E-state index in [4.69, 9.17) is 0 Å². The van der Waals surface area contributed by atoms with Crippen molar-refractivity contribution in [2.75, 3.05) is 5.75 Å². The molecule has 0 saturated heterocycles. The van der Waals surface area contributed by atoms with Gasteiger partial charge in [0.2, 0.25) is 0 Å². The second-order valence-electron chi connectivity index (χ2n) is 5.08. The first-order valence-corrected chi connectivity index (χ1v) is 7.60. The quantitative estimate of drug-likeness (QED) is 0.832. The van der Waals surface area contributed by atoms with Crippen LogP contribution in [-0.2, 0) is 0 Å². The minimum Gasteiger partial charge on any atom is -0.388 e. The molecule has 0 spiro atoms. The highest BCUT2D eigenvalue weighted by atomic mass is 32.2. The normalized spacial score (nSPS) is 12.4. The molecule has 0 aliphatic carbocycles. The number of halogens is 1. The zero-order valence-corrected chi connectivity index (χ0v) is 12.8. The van der Waals surface area contributed by atoms with E-state index in [0.717, 1.165) is 16.0 Å². The Morgan fingerprint density at radius 2 is 1.75 bits per heavy atom. The summed E-state index contributed by atoms with van der Waals surface area (Å²) in [6.45, 7) is 6.13. The van der Waals surface area contributed by atoms with Gasteiger partial charge in [-0.25, -0.2) is 4.39 Å². The van der Waals surface area contributed by atoms with E-state index in [0.29, 0.717) is 5.75 Å². The van der Waals surface area contributed by atoms with E-state index in [9.17, 15) is 9.50 Å². The number of hydrogen-bond acceptors (Lipinski definition) is 2. The zero-order chi connectivity index (χ0) is 14.7. The molecule has 2 aromatic carbocycles. The van der Waals surface area contributed by atoms with E-state index in [1.165, 1.54) is 35.0 Å². The fourth-order valence-electron chi connectivity index (χ4n) is 2.16. The van der Waals surface area contributed by atoms with Gasteiger partial charge in [0.25, 0.3) is 0 Å². The maximum absolute atomic E-state index is 13.1. The molecule has 1 atom stereocenters. The molecular formula is C17H19FOS. The van der Waals surface area contributed by atoms with Crippen molar-refractivity contribution < 1.29 is 9.50 Å². The molecular weight excluding hydrogens is 271 g/mol. The Morgan fingerprint density at radius 1 is 1.05 bits per heavy atom. The van der Waals surface area contributed by atoms with Crippen molar-refractivity contribution in [3.05, 3.63) is 64.5 Å². The van der Waals surface area contributed by atoms with E-state index in [2.05, 4.69) is 13.0 Å². The molecule has 20 heavy (non-hydrogen) atoms. The van der Waals surface area contributed by atoms with Gasteiger partial charge in [-0.05, 0) is 61.2 Å². The second kappa shape index (κ2) is 6.42. The average Bonchev–Trinajstić information content (AvgIpc) is 2.40. The highest BCUT2D eigenvalue weighted by Gasteiger charge is 2.12. The predicted octanol–water partition coefficient (Wildman–Crippen LogP) is 4.58. The van der Waals surface area contributed by atoms with Crippen LogP contribution in [0.2, 0.25) is 0 Å². The van der Waals surface area contributed by atoms with Crippen LogP contribution in [0.4, 0.5) is 4.39 Å². The van der Waals surface area contributed by atoms with Crippen molar-refractivity contribution in [2.24, 2.45) is 0 Å². The summed E-state index contributed by atoms with van der Waals surface area (Å²) in [5, 5.41) is 10.3. The van der Waals surface area contributed by atoms with Crippen LogP contribution in [-0.4, -0.2) is 10.9 Å². The maximum atomic E-state index is 13.1. The summed E-state index contributed by atoms with van der Waals surface area (Å²) in [6, 6.07) is 10.6. The molecule has 0 aliphatic rings. The number of aliphatic hydroxyl groups excluding tert-OH is 1. The third-order valence-corrected chi connectivity index (χ3v) is 4.51. The summed E-state index contributed by atoms with van der Waals surface area (Å²) in [4.78, 5) is 0.838. The lowest BCUT2D eigenvalue weighted by atomic mass is 9.98. The van der Waals surface area contributed by atoms with Crippen molar-refractivity contribution in [3.63, 3.8) is 0 Å². The smallest absolute Gasteiger partial charge is 0.124 e. The van der Waals surface area contributed by atoms with E-state index in [1.807, 2.05) is 26.0 Å². The Hall–Kier alpha value is -1.32. The van der Waals surface area contributed by atoms with Crippen LogP contribution in [0.3, 0.4) is 0 Å². The lowest BCUT2D eigenvalue weighted by Gasteiger charge is -2.15. The number of aliphatic hydroxyl groups is 1. The topological polar surface area (TPSA) is 20.2 Å². The number of rotatable bonds is 4. The van der Waals surface area contributed by atoms with Crippen molar-refractivity contribution in [2.45, 2.75) is 31.8 Å². The number of thioether (sulfide) groups is 1. The molecule has 1 nitrogen and oxygen atoms in total. The standard InChI is InChI=1S/C17H19FOS/c1-11-7-13(3)16(8-12(11)2)17(19)10-20-15-6-4-5-14(18)9-15/h4-9,17,19H,10H2,1-3H3. The van der Waals surface area contributed by atoms with Gasteiger partial charge in [0.05, 0.1) is 6.10 Å². The Balaban J connectivity index is 2.09. The summed E-state index contributed by atoms with van der Waals surface area (Å²) in [6.07, 6.45) is -0.539. The SMILES string of the molecule is Cc1cc(C)c(C(O)CSc2cccc(F)c2)cc1C. The van der Waals surface area contributed by atoms with Crippen molar-refractivity contribution in [1.29, 1.82) is 0 Å². The van der Waals surface area contributed by atoms with E-state index >= 15 is 0 Å². The Labute approximate surface area is 123 Å². The highest BCUT2D eigenvalue weighted by molar-refractivity contribution is 7.99. The van der Waals surface area contributed by atoms with Gasteiger partial charge in [0.15, 0.2) is 0 Å². The van der Waals surface area contributed by atoms with Gasteiger partial charge < -0.3 is 5.11 Å². The molecule has 106 valence electrons. The van der Waals surface area contributed by atoms with Crippen LogP contribution in [0.15, 0.2) is 41.3 Å². The summed E-state index contributed by atoms with van der Waals surface area (Å²) in [5.41, 5.74) is 4.47. The van der Waals surface area contributed by atoms with Crippen molar-refractivity contribution >= 4 is 11.8 Å². The van der Waals surface area contributed by atoms with Gasteiger partial charge in [-0.2, -0.15) is 0 Å². The first-order valence-electron chi connectivity index (χ1n) is 6.61. The number of hydrogen-bond donors (Lipinski definition) is 1. The van der Waals surface area contributed by atoms with Gasteiger partial charge in [0, 0.05) is 10.6 Å². The van der Waals surface area contributed by atoms with Crippen molar-refractivity contribution in [3.8, 4) is 0 Å².